The molecule has 102 valence electrons. The summed E-state index contributed by atoms with van der Waals surface area (Å²) < 4.78 is 0. The van der Waals surface area contributed by atoms with E-state index in [2.05, 4.69) is 27.7 Å². The highest BCUT2D eigenvalue weighted by atomic mass is 16.1. The smallest absolute Gasteiger partial charge is 0.272 e. The van der Waals surface area contributed by atoms with Crippen LogP contribution >= 0.6 is 0 Å². The number of hydrogen-bond acceptors (Lipinski definition) is 3. The number of benzene rings is 1. The van der Waals surface area contributed by atoms with Crippen molar-refractivity contribution in [1.29, 1.82) is 0 Å². The summed E-state index contributed by atoms with van der Waals surface area (Å²) in [7, 11) is 0. The molecular weight excluding hydrogens is 254 g/mol. The molecule has 1 aromatic heterocycles. The fourth-order valence-electron chi connectivity index (χ4n) is 3.43. The highest BCUT2D eigenvalue weighted by Gasteiger charge is 2.41. The van der Waals surface area contributed by atoms with Gasteiger partial charge >= 0.3 is 0 Å². The highest BCUT2D eigenvalue weighted by molar-refractivity contribution is 5.92. The summed E-state index contributed by atoms with van der Waals surface area (Å²) in [5.74, 6) is 1.32. The van der Waals surface area contributed by atoms with Crippen molar-refractivity contribution in [3.05, 3.63) is 51.1 Å². The zero-order chi connectivity index (χ0) is 13.7. The van der Waals surface area contributed by atoms with Gasteiger partial charge in [-0.05, 0) is 30.9 Å². The van der Waals surface area contributed by atoms with Crippen LogP contribution in [-0.4, -0.2) is 16.2 Å². The summed E-state index contributed by atoms with van der Waals surface area (Å²) in [4.78, 5) is 23.8. The second kappa shape index (κ2) is 4.10. The van der Waals surface area contributed by atoms with Gasteiger partial charge in [0.1, 0.15) is 0 Å². The highest BCUT2D eigenvalue weighted by Crippen LogP contribution is 2.44. The zero-order valence-corrected chi connectivity index (χ0v) is 10.8. The molecular formula is C15H15N3O2. The third-order valence-corrected chi connectivity index (χ3v) is 4.53. The maximum atomic E-state index is 12.0. The van der Waals surface area contributed by atoms with E-state index in [1.807, 2.05) is 6.07 Å². The average Bonchev–Trinajstić information content (AvgIpc) is 2.81. The van der Waals surface area contributed by atoms with Gasteiger partial charge in [-0.2, -0.15) is 0 Å². The number of fused-ring (bicyclic) bond motifs is 2. The van der Waals surface area contributed by atoms with Gasteiger partial charge in [0, 0.05) is 17.6 Å². The van der Waals surface area contributed by atoms with Gasteiger partial charge in [0.15, 0.2) is 0 Å². The molecule has 3 atom stereocenters. The van der Waals surface area contributed by atoms with Crippen molar-refractivity contribution in [2.45, 2.75) is 18.9 Å². The Morgan fingerprint density at radius 2 is 2.00 bits per heavy atom. The van der Waals surface area contributed by atoms with E-state index in [9.17, 15) is 9.59 Å². The van der Waals surface area contributed by atoms with Crippen LogP contribution in [0.25, 0.3) is 10.8 Å². The fourth-order valence-corrected chi connectivity index (χ4v) is 3.43. The summed E-state index contributed by atoms with van der Waals surface area (Å²) in [6, 6.07) is 5.71. The van der Waals surface area contributed by atoms with Gasteiger partial charge < -0.3 is 5.32 Å². The lowest BCUT2D eigenvalue weighted by molar-refractivity contribution is 0.218. The van der Waals surface area contributed by atoms with Crippen LogP contribution < -0.4 is 16.4 Å². The SMILES string of the molecule is O=c1[nH][nH]c(=O)c2c(NC3CC4CC=CC43)cccc12. The van der Waals surface area contributed by atoms with E-state index in [-0.39, 0.29) is 11.1 Å². The first kappa shape index (κ1) is 11.5. The third kappa shape index (κ3) is 1.56. The number of H-pyrrole nitrogens is 2. The Bertz CT molecular complexity index is 818. The molecule has 2 aliphatic rings. The number of anilines is 1. The molecule has 5 nitrogen and oxygen atoms in total. The minimum Gasteiger partial charge on any atom is -0.381 e. The summed E-state index contributed by atoms with van der Waals surface area (Å²) in [5, 5.41) is 9.06. The Morgan fingerprint density at radius 1 is 1.15 bits per heavy atom. The Balaban J connectivity index is 1.77. The van der Waals surface area contributed by atoms with E-state index in [0.29, 0.717) is 22.7 Å². The molecule has 0 bridgehead atoms. The van der Waals surface area contributed by atoms with Gasteiger partial charge in [-0.25, -0.2) is 0 Å². The summed E-state index contributed by atoms with van der Waals surface area (Å²) >= 11 is 0. The lowest BCUT2D eigenvalue weighted by Gasteiger charge is -2.41. The van der Waals surface area contributed by atoms with Crippen molar-refractivity contribution < 1.29 is 0 Å². The van der Waals surface area contributed by atoms with Gasteiger partial charge in [0.25, 0.3) is 11.1 Å². The number of aromatic nitrogens is 2. The second-order valence-electron chi connectivity index (χ2n) is 5.62. The molecule has 2 aliphatic carbocycles. The van der Waals surface area contributed by atoms with E-state index < -0.39 is 0 Å². The monoisotopic (exact) mass is 269 g/mol. The molecule has 1 saturated carbocycles. The van der Waals surface area contributed by atoms with Crippen molar-refractivity contribution in [2.75, 3.05) is 5.32 Å². The van der Waals surface area contributed by atoms with Crippen molar-refractivity contribution in [1.82, 2.24) is 10.2 Å². The zero-order valence-electron chi connectivity index (χ0n) is 10.8. The standard InChI is InChI=1S/C15H15N3O2/c19-14-10-5-2-6-11(13(10)15(20)18-17-14)16-12-7-8-3-1-4-9(8)12/h1-2,4-6,8-9,12,16H,3,7H2,(H,17,19)(H,18,20). The van der Waals surface area contributed by atoms with Crippen molar-refractivity contribution in [3.8, 4) is 0 Å². The topological polar surface area (TPSA) is 77.8 Å². The van der Waals surface area contributed by atoms with Crippen LogP contribution in [0.4, 0.5) is 5.69 Å². The van der Waals surface area contributed by atoms with E-state index >= 15 is 0 Å². The van der Waals surface area contributed by atoms with Crippen LogP contribution in [0.2, 0.25) is 0 Å². The Labute approximate surface area is 114 Å². The minimum atomic E-state index is -0.268. The first-order valence-corrected chi connectivity index (χ1v) is 6.91. The van der Waals surface area contributed by atoms with Crippen LogP contribution in [0, 0.1) is 11.8 Å². The van der Waals surface area contributed by atoms with Gasteiger partial charge in [-0.1, -0.05) is 18.2 Å². The van der Waals surface area contributed by atoms with Crippen molar-refractivity contribution in [3.63, 3.8) is 0 Å². The normalized spacial score (nSPS) is 27.3. The molecule has 4 rings (SSSR count). The van der Waals surface area contributed by atoms with Gasteiger partial charge in [0.2, 0.25) is 0 Å². The second-order valence-corrected chi connectivity index (χ2v) is 5.62. The Morgan fingerprint density at radius 3 is 2.85 bits per heavy atom. The quantitative estimate of drug-likeness (QED) is 0.724. The molecule has 0 aliphatic heterocycles. The maximum Gasteiger partial charge on any atom is 0.272 e. The van der Waals surface area contributed by atoms with Crippen LogP contribution in [0.5, 0.6) is 0 Å². The number of allylic oxidation sites excluding steroid dienone is 1. The predicted molar refractivity (Wildman–Crippen MR) is 78.0 cm³/mol. The Kier molecular flexibility index (Phi) is 2.36. The van der Waals surface area contributed by atoms with E-state index in [4.69, 9.17) is 0 Å². The molecule has 1 fully saturated rings. The average molecular weight is 269 g/mol. The molecule has 0 amide bonds. The molecule has 2 aromatic rings. The molecule has 3 N–H and O–H groups in total. The number of rotatable bonds is 2. The van der Waals surface area contributed by atoms with Crippen LogP contribution in [-0.2, 0) is 0 Å². The first-order valence-electron chi connectivity index (χ1n) is 6.91. The Hall–Kier alpha value is -2.30. The third-order valence-electron chi connectivity index (χ3n) is 4.53. The molecule has 3 unspecified atom stereocenters. The van der Waals surface area contributed by atoms with Crippen LogP contribution in [0.3, 0.4) is 0 Å². The summed E-state index contributed by atoms with van der Waals surface area (Å²) in [6.07, 6.45) is 6.78. The summed E-state index contributed by atoms with van der Waals surface area (Å²) in [6.45, 7) is 0. The lowest BCUT2D eigenvalue weighted by Crippen LogP contribution is -2.43. The van der Waals surface area contributed by atoms with Crippen molar-refractivity contribution in [2.24, 2.45) is 11.8 Å². The van der Waals surface area contributed by atoms with Crippen molar-refractivity contribution >= 4 is 16.5 Å². The molecule has 0 saturated heterocycles. The molecule has 5 heteroatoms. The first-order chi connectivity index (χ1) is 9.74. The van der Waals surface area contributed by atoms with Gasteiger partial charge in [-0.3, -0.25) is 19.8 Å². The van der Waals surface area contributed by atoms with Crippen LogP contribution in [0.1, 0.15) is 12.8 Å². The van der Waals surface area contributed by atoms with Gasteiger partial charge in [0.05, 0.1) is 10.8 Å². The van der Waals surface area contributed by atoms with E-state index in [0.717, 1.165) is 18.0 Å². The van der Waals surface area contributed by atoms with E-state index in [1.54, 1.807) is 12.1 Å². The molecule has 1 heterocycles. The molecule has 0 spiro atoms. The minimum absolute atomic E-state index is 0.263. The molecule has 0 radical (unpaired) electrons. The van der Waals surface area contributed by atoms with Crippen LogP contribution in [0.15, 0.2) is 39.9 Å². The fraction of sp³-hybridized carbons (Fsp3) is 0.333. The molecule has 1 aromatic carbocycles. The number of hydrogen-bond donors (Lipinski definition) is 3. The lowest BCUT2D eigenvalue weighted by atomic mass is 9.71. The maximum absolute atomic E-state index is 12.0. The largest absolute Gasteiger partial charge is 0.381 e. The number of nitrogens with one attached hydrogen (secondary N) is 3. The predicted octanol–water partition coefficient (Wildman–Crippen LogP) is 1.59. The van der Waals surface area contributed by atoms with E-state index in [1.165, 1.54) is 6.42 Å². The number of aromatic amines is 2. The van der Waals surface area contributed by atoms with Gasteiger partial charge in [-0.15, -0.1) is 0 Å². The summed E-state index contributed by atoms with van der Waals surface area (Å²) in [5.41, 5.74) is 0.217. The molecule has 20 heavy (non-hydrogen) atoms.